The number of fused-ring (bicyclic) bond motifs is 7. The Morgan fingerprint density at radius 3 is 1.84 bits per heavy atom. The first kappa shape index (κ1) is 31.6. The van der Waals surface area contributed by atoms with Gasteiger partial charge in [-0.2, -0.15) is 0 Å². The van der Waals surface area contributed by atoms with E-state index in [1.165, 1.54) is 53.4 Å². The molecular formula is C52H33NOS. The highest BCUT2D eigenvalue weighted by Crippen LogP contribution is 2.48. The average molecular weight is 720 g/mol. The zero-order valence-electron chi connectivity index (χ0n) is 29.8. The van der Waals surface area contributed by atoms with Gasteiger partial charge in [-0.3, -0.25) is 0 Å². The van der Waals surface area contributed by atoms with E-state index >= 15 is 0 Å². The van der Waals surface area contributed by atoms with Crippen LogP contribution in [-0.2, 0) is 0 Å². The van der Waals surface area contributed by atoms with E-state index in [0.29, 0.717) is 0 Å². The van der Waals surface area contributed by atoms with Crippen molar-refractivity contribution in [2.24, 2.45) is 0 Å². The molecular weight excluding hydrogens is 687 g/mol. The van der Waals surface area contributed by atoms with Crippen LogP contribution in [0, 0.1) is 0 Å². The predicted molar refractivity (Wildman–Crippen MR) is 235 cm³/mol. The summed E-state index contributed by atoms with van der Waals surface area (Å²) in [6.45, 7) is 0. The van der Waals surface area contributed by atoms with Crippen molar-refractivity contribution in [3.63, 3.8) is 0 Å². The summed E-state index contributed by atoms with van der Waals surface area (Å²) in [5, 5.41) is 7.15. The molecule has 0 N–H and O–H groups in total. The van der Waals surface area contributed by atoms with Crippen LogP contribution in [0.15, 0.2) is 205 Å². The first-order valence-electron chi connectivity index (χ1n) is 18.7. The molecule has 0 bridgehead atoms. The van der Waals surface area contributed by atoms with Crippen molar-refractivity contribution in [2.45, 2.75) is 0 Å². The number of hydrogen-bond donors (Lipinski definition) is 0. The van der Waals surface area contributed by atoms with E-state index in [2.05, 4.69) is 199 Å². The van der Waals surface area contributed by atoms with Crippen LogP contribution in [0.4, 0.5) is 17.1 Å². The number of hydrogen-bond acceptors (Lipinski definition) is 3. The Labute approximate surface area is 322 Å². The van der Waals surface area contributed by atoms with Crippen LogP contribution >= 0.6 is 11.3 Å². The van der Waals surface area contributed by atoms with Crippen LogP contribution in [0.1, 0.15) is 0 Å². The second-order valence-corrected chi connectivity index (χ2v) is 15.1. The highest BCUT2D eigenvalue weighted by molar-refractivity contribution is 7.26. The van der Waals surface area contributed by atoms with E-state index < -0.39 is 0 Å². The van der Waals surface area contributed by atoms with Crippen LogP contribution in [0.3, 0.4) is 0 Å². The third-order valence-electron chi connectivity index (χ3n) is 10.8. The van der Waals surface area contributed by atoms with Gasteiger partial charge < -0.3 is 9.32 Å². The van der Waals surface area contributed by atoms with Gasteiger partial charge in [0.25, 0.3) is 0 Å². The van der Waals surface area contributed by atoms with Gasteiger partial charge in [0.2, 0.25) is 0 Å². The summed E-state index contributed by atoms with van der Waals surface area (Å²) >= 11 is 1.87. The molecule has 9 aromatic carbocycles. The number of nitrogens with zero attached hydrogens (tertiary/aromatic N) is 1. The lowest BCUT2D eigenvalue weighted by Crippen LogP contribution is -2.11. The van der Waals surface area contributed by atoms with Gasteiger partial charge in [-0.25, -0.2) is 0 Å². The molecule has 11 aromatic rings. The standard InChI is InChI=1S/C52H33NOS/c1-3-15-34(16-4-1)36-31-37(40-23-13-25-46-44-22-10-12-28-50(44)55-52(40)46)33-38(32-36)53(48-26-14-24-45-43-21-9-11-27-49(43)54-51(45)48)47-30-29-39(35-17-5-2-6-18-35)41-19-7-8-20-42(41)47/h1-33H. The molecule has 258 valence electrons. The number of benzene rings is 9. The largest absolute Gasteiger partial charge is 0.454 e. The first-order valence-corrected chi connectivity index (χ1v) is 19.5. The van der Waals surface area contributed by atoms with Gasteiger partial charge in [-0.15, -0.1) is 11.3 Å². The lowest BCUT2D eigenvalue weighted by atomic mass is 9.94. The lowest BCUT2D eigenvalue weighted by Gasteiger charge is -2.28. The molecule has 55 heavy (non-hydrogen) atoms. The SMILES string of the molecule is c1ccc(-c2cc(-c3cccc4c3sc3ccccc34)cc(N(c3ccc(-c4ccccc4)c4ccccc34)c3cccc4c3oc3ccccc34)c2)cc1. The topological polar surface area (TPSA) is 16.4 Å². The maximum atomic E-state index is 6.79. The molecule has 0 aliphatic rings. The molecule has 2 nitrogen and oxygen atoms in total. The van der Waals surface area contributed by atoms with E-state index in [1.807, 2.05) is 17.4 Å². The Balaban J connectivity index is 1.23. The van der Waals surface area contributed by atoms with Crippen LogP contribution in [0.2, 0.25) is 0 Å². The summed E-state index contributed by atoms with van der Waals surface area (Å²) in [6, 6.07) is 72.2. The summed E-state index contributed by atoms with van der Waals surface area (Å²) in [5.74, 6) is 0. The van der Waals surface area contributed by atoms with Crippen molar-refractivity contribution in [1.82, 2.24) is 0 Å². The lowest BCUT2D eigenvalue weighted by molar-refractivity contribution is 0.669. The zero-order chi connectivity index (χ0) is 36.3. The summed E-state index contributed by atoms with van der Waals surface area (Å²) in [7, 11) is 0. The molecule has 0 fully saturated rings. The predicted octanol–water partition coefficient (Wildman–Crippen LogP) is 15.6. The first-order chi connectivity index (χ1) is 27.3. The van der Waals surface area contributed by atoms with Crippen molar-refractivity contribution in [1.29, 1.82) is 0 Å². The Morgan fingerprint density at radius 2 is 1.00 bits per heavy atom. The maximum absolute atomic E-state index is 6.79. The van der Waals surface area contributed by atoms with Crippen molar-refractivity contribution < 1.29 is 4.42 Å². The molecule has 0 radical (unpaired) electrons. The normalized spacial score (nSPS) is 11.6. The minimum absolute atomic E-state index is 0.859. The van der Waals surface area contributed by atoms with Gasteiger partial charge in [0.1, 0.15) is 5.58 Å². The van der Waals surface area contributed by atoms with Gasteiger partial charge in [0, 0.05) is 42.0 Å². The number of rotatable bonds is 6. The molecule has 0 amide bonds. The highest BCUT2D eigenvalue weighted by atomic mass is 32.1. The fourth-order valence-electron chi connectivity index (χ4n) is 8.33. The van der Waals surface area contributed by atoms with Crippen molar-refractivity contribution >= 4 is 81.3 Å². The molecule has 0 aliphatic heterocycles. The number of para-hydroxylation sites is 2. The fourth-order valence-corrected chi connectivity index (χ4v) is 9.57. The smallest absolute Gasteiger partial charge is 0.159 e. The monoisotopic (exact) mass is 719 g/mol. The van der Waals surface area contributed by atoms with Gasteiger partial charge in [-0.1, -0.05) is 158 Å². The Kier molecular flexibility index (Phi) is 7.39. The van der Waals surface area contributed by atoms with E-state index in [4.69, 9.17) is 4.42 Å². The molecule has 0 aliphatic carbocycles. The van der Waals surface area contributed by atoms with Crippen molar-refractivity contribution in [3.05, 3.63) is 200 Å². The van der Waals surface area contributed by atoms with Crippen LogP contribution < -0.4 is 4.90 Å². The number of thiophene rings is 1. The Morgan fingerprint density at radius 1 is 0.364 bits per heavy atom. The van der Waals surface area contributed by atoms with E-state index in [-0.39, 0.29) is 0 Å². The van der Waals surface area contributed by atoms with Crippen LogP contribution in [-0.4, -0.2) is 0 Å². The fraction of sp³-hybridized carbons (Fsp3) is 0. The van der Waals surface area contributed by atoms with E-state index in [1.54, 1.807) is 0 Å². The second kappa shape index (κ2) is 12.9. The van der Waals surface area contributed by atoms with Gasteiger partial charge in [-0.05, 0) is 81.2 Å². The van der Waals surface area contributed by atoms with Crippen LogP contribution in [0.5, 0.6) is 0 Å². The van der Waals surface area contributed by atoms with Gasteiger partial charge in [0.05, 0.1) is 11.4 Å². The molecule has 11 rings (SSSR count). The summed E-state index contributed by atoms with van der Waals surface area (Å²) in [5.41, 5.74) is 12.0. The molecule has 0 spiro atoms. The third-order valence-corrected chi connectivity index (χ3v) is 12.1. The molecule has 0 atom stereocenters. The minimum Gasteiger partial charge on any atom is -0.454 e. The molecule has 2 aromatic heterocycles. The number of anilines is 3. The molecule has 0 saturated carbocycles. The highest BCUT2D eigenvalue weighted by Gasteiger charge is 2.23. The van der Waals surface area contributed by atoms with Crippen molar-refractivity contribution in [3.8, 4) is 33.4 Å². The van der Waals surface area contributed by atoms with Crippen molar-refractivity contribution in [2.75, 3.05) is 4.90 Å². The molecule has 0 saturated heterocycles. The van der Waals surface area contributed by atoms with E-state index in [0.717, 1.165) is 50.0 Å². The van der Waals surface area contributed by atoms with Crippen LogP contribution in [0.25, 0.3) is 86.3 Å². The molecule has 2 heterocycles. The molecule has 3 heteroatoms. The number of furan rings is 1. The summed E-state index contributed by atoms with van der Waals surface area (Å²) in [4.78, 5) is 2.42. The summed E-state index contributed by atoms with van der Waals surface area (Å²) in [6.07, 6.45) is 0. The quantitative estimate of drug-likeness (QED) is 0.170. The second-order valence-electron chi connectivity index (χ2n) is 14.0. The Hall–Kier alpha value is -6.94. The average Bonchev–Trinajstić information content (AvgIpc) is 3.84. The summed E-state index contributed by atoms with van der Waals surface area (Å²) < 4.78 is 9.39. The third kappa shape index (κ3) is 5.24. The van der Waals surface area contributed by atoms with Gasteiger partial charge >= 0.3 is 0 Å². The minimum atomic E-state index is 0.859. The maximum Gasteiger partial charge on any atom is 0.159 e. The zero-order valence-corrected chi connectivity index (χ0v) is 30.6. The molecule has 0 unspecified atom stereocenters. The van der Waals surface area contributed by atoms with E-state index in [9.17, 15) is 0 Å². The Bertz CT molecular complexity index is 3210. The van der Waals surface area contributed by atoms with Gasteiger partial charge in [0.15, 0.2) is 5.58 Å².